The highest BCUT2D eigenvalue weighted by molar-refractivity contribution is 6.44. The molecule has 5 nitrogen and oxygen atoms in total. The summed E-state index contributed by atoms with van der Waals surface area (Å²) in [5.41, 5.74) is 0.527. The van der Waals surface area contributed by atoms with Gasteiger partial charge in [-0.05, 0) is 17.7 Å². The first-order valence-electron chi connectivity index (χ1n) is 6.18. The number of anilines is 1. The molecule has 2 aromatic carbocycles. The van der Waals surface area contributed by atoms with Crippen LogP contribution >= 0.6 is 23.2 Å². The molecule has 2 rings (SSSR count). The number of carboxylic acid groups (broad SMARTS) is 1. The van der Waals surface area contributed by atoms with Crippen LogP contribution in [0.5, 0.6) is 0 Å². The number of benzene rings is 2. The predicted octanol–water partition coefficient (Wildman–Crippen LogP) is 4.44. The van der Waals surface area contributed by atoms with E-state index in [0.717, 1.165) is 5.56 Å². The first kappa shape index (κ1) is 16.1. The second-order valence-electron chi connectivity index (χ2n) is 4.28. The van der Waals surface area contributed by atoms with Gasteiger partial charge < -0.3 is 9.84 Å². The molecule has 0 aromatic heterocycles. The highest BCUT2D eigenvalue weighted by Gasteiger charge is 2.18. The van der Waals surface area contributed by atoms with Crippen molar-refractivity contribution in [1.29, 1.82) is 0 Å². The molecule has 0 heterocycles. The summed E-state index contributed by atoms with van der Waals surface area (Å²) in [6.45, 7) is 0.0489. The SMILES string of the molecule is O=C(Nc1c(C(=O)O)ccc(Cl)c1Cl)OCc1ccccc1. The zero-order valence-electron chi connectivity index (χ0n) is 11.2. The van der Waals surface area contributed by atoms with Gasteiger partial charge in [0.1, 0.15) is 6.61 Å². The Morgan fingerprint density at radius 3 is 2.41 bits per heavy atom. The minimum absolute atomic E-state index is 0.0489. The summed E-state index contributed by atoms with van der Waals surface area (Å²) >= 11 is 11.8. The Morgan fingerprint density at radius 2 is 1.77 bits per heavy atom. The van der Waals surface area contributed by atoms with Gasteiger partial charge in [0.25, 0.3) is 0 Å². The van der Waals surface area contributed by atoms with E-state index in [1.807, 2.05) is 18.2 Å². The Balaban J connectivity index is 2.11. The fraction of sp³-hybridized carbons (Fsp3) is 0.0667. The first-order valence-corrected chi connectivity index (χ1v) is 6.93. The number of ether oxygens (including phenoxy) is 1. The molecule has 0 aliphatic rings. The summed E-state index contributed by atoms with van der Waals surface area (Å²) in [6, 6.07) is 11.6. The Labute approximate surface area is 136 Å². The molecule has 0 fully saturated rings. The maximum Gasteiger partial charge on any atom is 0.412 e. The number of hydrogen-bond acceptors (Lipinski definition) is 3. The van der Waals surface area contributed by atoms with E-state index in [-0.39, 0.29) is 27.9 Å². The number of halogens is 2. The molecule has 0 aliphatic heterocycles. The van der Waals surface area contributed by atoms with E-state index in [9.17, 15) is 9.59 Å². The lowest BCUT2D eigenvalue weighted by Crippen LogP contribution is -2.16. The standard InChI is InChI=1S/C15H11Cl2NO4/c16-11-7-6-10(14(19)20)13(12(11)17)18-15(21)22-8-9-4-2-1-3-5-9/h1-7H,8H2,(H,18,21)(H,19,20). The number of carbonyl (C=O) groups excluding carboxylic acids is 1. The maximum absolute atomic E-state index is 11.8. The van der Waals surface area contributed by atoms with Crippen LogP contribution in [-0.4, -0.2) is 17.2 Å². The zero-order chi connectivity index (χ0) is 16.1. The molecular weight excluding hydrogens is 329 g/mol. The zero-order valence-corrected chi connectivity index (χ0v) is 12.7. The summed E-state index contributed by atoms with van der Waals surface area (Å²) in [4.78, 5) is 22.9. The Morgan fingerprint density at radius 1 is 1.09 bits per heavy atom. The van der Waals surface area contributed by atoms with Crippen molar-refractivity contribution in [3.05, 3.63) is 63.6 Å². The van der Waals surface area contributed by atoms with E-state index in [0.29, 0.717) is 0 Å². The third-order valence-electron chi connectivity index (χ3n) is 2.77. The fourth-order valence-corrected chi connectivity index (χ4v) is 2.08. The van der Waals surface area contributed by atoms with Gasteiger partial charge in [-0.2, -0.15) is 0 Å². The molecular formula is C15H11Cl2NO4. The Bertz CT molecular complexity index is 704. The largest absolute Gasteiger partial charge is 0.478 e. The summed E-state index contributed by atoms with van der Waals surface area (Å²) in [5.74, 6) is -1.24. The summed E-state index contributed by atoms with van der Waals surface area (Å²) in [6.07, 6.45) is -0.824. The van der Waals surface area contributed by atoms with Gasteiger partial charge in [-0.15, -0.1) is 0 Å². The average Bonchev–Trinajstić information content (AvgIpc) is 2.50. The molecule has 0 spiro atoms. The third-order valence-corrected chi connectivity index (χ3v) is 3.57. The monoisotopic (exact) mass is 339 g/mol. The molecule has 2 N–H and O–H groups in total. The highest BCUT2D eigenvalue weighted by Crippen LogP contribution is 2.33. The number of amides is 1. The number of carboxylic acids is 1. The van der Waals surface area contributed by atoms with Crippen molar-refractivity contribution < 1.29 is 19.4 Å². The van der Waals surface area contributed by atoms with Crippen LogP contribution in [0.2, 0.25) is 10.0 Å². The van der Waals surface area contributed by atoms with Gasteiger partial charge in [0.2, 0.25) is 0 Å². The minimum atomic E-state index is -1.24. The summed E-state index contributed by atoms with van der Waals surface area (Å²) < 4.78 is 5.02. The van der Waals surface area contributed by atoms with Crippen molar-refractivity contribution in [3.63, 3.8) is 0 Å². The lowest BCUT2D eigenvalue weighted by molar-refractivity contribution is 0.0698. The van der Waals surface area contributed by atoms with Gasteiger partial charge in [-0.1, -0.05) is 53.5 Å². The second-order valence-corrected chi connectivity index (χ2v) is 5.06. The van der Waals surface area contributed by atoms with Crippen molar-refractivity contribution >= 4 is 41.0 Å². The van der Waals surface area contributed by atoms with Crippen LogP contribution in [0.15, 0.2) is 42.5 Å². The van der Waals surface area contributed by atoms with E-state index >= 15 is 0 Å². The predicted molar refractivity (Wildman–Crippen MR) is 83.7 cm³/mol. The van der Waals surface area contributed by atoms with Gasteiger partial charge in [-0.25, -0.2) is 9.59 Å². The van der Waals surface area contributed by atoms with Crippen molar-refractivity contribution in [1.82, 2.24) is 0 Å². The van der Waals surface area contributed by atoms with Gasteiger partial charge in [0.15, 0.2) is 0 Å². The first-order chi connectivity index (χ1) is 10.5. The van der Waals surface area contributed by atoms with Crippen molar-refractivity contribution in [3.8, 4) is 0 Å². The molecule has 0 bridgehead atoms. The lowest BCUT2D eigenvalue weighted by Gasteiger charge is -2.12. The van der Waals surface area contributed by atoms with Crippen molar-refractivity contribution in [2.24, 2.45) is 0 Å². The van der Waals surface area contributed by atoms with Crippen LogP contribution < -0.4 is 5.32 Å². The molecule has 2 aromatic rings. The van der Waals surface area contributed by atoms with E-state index in [2.05, 4.69) is 5.32 Å². The Kier molecular flexibility index (Phi) is 5.25. The number of carbonyl (C=O) groups is 2. The summed E-state index contributed by atoms with van der Waals surface area (Å²) in [7, 11) is 0. The molecule has 0 radical (unpaired) electrons. The molecule has 0 saturated heterocycles. The number of rotatable bonds is 4. The van der Waals surface area contributed by atoms with Gasteiger partial charge in [-0.3, -0.25) is 5.32 Å². The Hall–Kier alpha value is -2.24. The van der Waals surface area contributed by atoms with E-state index < -0.39 is 12.1 Å². The van der Waals surface area contributed by atoms with Crippen LogP contribution in [0.1, 0.15) is 15.9 Å². The van der Waals surface area contributed by atoms with E-state index in [1.54, 1.807) is 12.1 Å². The number of aromatic carboxylic acids is 1. The molecule has 22 heavy (non-hydrogen) atoms. The van der Waals surface area contributed by atoms with Gasteiger partial charge in [0, 0.05) is 0 Å². The molecule has 1 amide bonds. The van der Waals surface area contributed by atoms with Gasteiger partial charge in [0.05, 0.1) is 21.3 Å². The van der Waals surface area contributed by atoms with Crippen LogP contribution in [0.25, 0.3) is 0 Å². The molecule has 114 valence electrons. The minimum Gasteiger partial charge on any atom is -0.478 e. The molecule has 0 saturated carbocycles. The lowest BCUT2D eigenvalue weighted by atomic mass is 10.2. The smallest absolute Gasteiger partial charge is 0.412 e. The number of hydrogen-bond donors (Lipinski definition) is 2. The van der Waals surface area contributed by atoms with Crippen LogP contribution in [-0.2, 0) is 11.3 Å². The van der Waals surface area contributed by atoms with Crippen LogP contribution in [0, 0.1) is 0 Å². The average molecular weight is 340 g/mol. The summed E-state index contributed by atoms with van der Waals surface area (Å²) in [5, 5.41) is 11.5. The van der Waals surface area contributed by atoms with Gasteiger partial charge >= 0.3 is 12.1 Å². The van der Waals surface area contributed by atoms with Crippen molar-refractivity contribution in [2.45, 2.75) is 6.61 Å². The number of nitrogens with one attached hydrogen (secondary N) is 1. The quantitative estimate of drug-likeness (QED) is 0.863. The third kappa shape index (κ3) is 3.90. The van der Waals surface area contributed by atoms with E-state index in [4.69, 9.17) is 33.0 Å². The van der Waals surface area contributed by atoms with Crippen LogP contribution in [0.4, 0.5) is 10.5 Å². The fourth-order valence-electron chi connectivity index (χ4n) is 1.71. The molecule has 0 aliphatic carbocycles. The second kappa shape index (κ2) is 7.15. The molecule has 0 atom stereocenters. The maximum atomic E-state index is 11.8. The highest BCUT2D eigenvalue weighted by atomic mass is 35.5. The van der Waals surface area contributed by atoms with Crippen LogP contribution in [0.3, 0.4) is 0 Å². The molecule has 0 unspecified atom stereocenters. The van der Waals surface area contributed by atoms with Crippen molar-refractivity contribution in [2.75, 3.05) is 5.32 Å². The normalized spacial score (nSPS) is 10.1. The topological polar surface area (TPSA) is 75.6 Å². The molecule has 7 heteroatoms. The van der Waals surface area contributed by atoms with E-state index in [1.165, 1.54) is 12.1 Å².